The zero-order chi connectivity index (χ0) is 23.1. The maximum absolute atomic E-state index is 13.9. The molecule has 34 heavy (non-hydrogen) atoms. The number of aromatic nitrogens is 2. The third-order valence-corrected chi connectivity index (χ3v) is 7.10. The van der Waals surface area contributed by atoms with E-state index in [1.165, 1.54) is 17.2 Å². The number of ether oxygens (including phenoxy) is 1. The zero-order valence-corrected chi connectivity index (χ0v) is 18.9. The van der Waals surface area contributed by atoms with E-state index in [9.17, 15) is 8.78 Å². The minimum Gasteiger partial charge on any atom is -0.365 e. The monoisotopic (exact) mass is 460 g/mol. The molecular formula is C27H26F2N4O. The lowest BCUT2D eigenvalue weighted by molar-refractivity contribution is -0.0800. The van der Waals surface area contributed by atoms with Gasteiger partial charge in [-0.3, -0.25) is 19.9 Å². The highest BCUT2D eigenvalue weighted by molar-refractivity contribution is 6.11. The topological polar surface area (TPSA) is 50.6 Å². The third kappa shape index (κ3) is 4.14. The molecule has 0 N–H and O–H groups in total. The fourth-order valence-corrected chi connectivity index (χ4v) is 4.97. The maximum atomic E-state index is 13.9. The van der Waals surface area contributed by atoms with Crippen LogP contribution in [0.5, 0.6) is 0 Å². The van der Waals surface area contributed by atoms with Crippen LogP contribution in [0, 0.1) is 11.6 Å². The molecule has 1 saturated carbocycles. The molecule has 0 radical (unpaired) electrons. The van der Waals surface area contributed by atoms with Crippen molar-refractivity contribution in [1.29, 1.82) is 0 Å². The van der Waals surface area contributed by atoms with Gasteiger partial charge in [0.1, 0.15) is 0 Å². The number of halogens is 2. The van der Waals surface area contributed by atoms with Crippen molar-refractivity contribution in [2.24, 2.45) is 4.99 Å². The van der Waals surface area contributed by atoms with E-state index in [0.29, 0.717) is 23.6 Å². The molecule has 5 nitrogen and oxygen atoms in total. The first kappa shape index (κ1) is 21.5. The average Bonchev–Trinajstić information content (AvgIpc) is 3.63. The summed E-state index contributed by atoms with van der Waals surface area (Å²) in [7, 11) is 0. The van der Waals surface area contributed by atoms with Crippen LogP contribution in [0.1, 0.15) is 53.6 Å². The quantitative estimate of drug-likeness (QED) is 0.515. The van der Waals surface area contributed by atoms with Crippen LogP contribution in [0.3, 0.4) is 0 Å². The van der Waals surface area contributed by atoms with Gasteiger partial charge in [-0.05, 0) is 67.1 Å². The van der Waals surface area contributed by atoms with Gasteiger partial charge in [0.15, 0.2) is 11.6 Å². The van der Waals surface area contributed by atoms with Crippen molar-refractivity contribution in [3.63, 3.8) is 0 Å². The number of hydrogen-bond acceptors (Lipinski definition) is 5. The van der Waals surface area contributed by atoms with E-state index in [0.717, 1.165) is 56.9 Å². The van der Waals surface area contributed by atoms with Crippen molar-refractivity contribution in [2.45, 2.75) is 50.5 Å². The van der Waals surface area contributed by atoms with Gasteiger partial charge in [-0.1, -0.05) is 6.07 Å². The Labute approximate surface area is 197 Å². The van der Waals surface area contributed by atoms with Crippen LogP contribution < -0.4 is 0 Å². The molecule has 6 rings (SSSR count). The second kappa shape index (κ2) is 8.64. The molecular weight excluding hydrogens is 434 g/mol. The van der Waals surface area contributed by atoms with Crippen molar-refractivity contribution in [3.8, 4) is 0 Å². The Morgan fingerprint density at radius 2 is 1.91 bits per heavy atom. The van der Waals surface area contributed by atoms with E-state index >= 15 is 0 Å². The first-order valence-electron chi connectivity index (χ1n) is 11.9. The van der Waals surface area contributed by atoms with Gasteiger partial charge in [0.2, 0.25) is 0 Å². The van der Waals surface area contributed by atoms with Crippen LogP contribution in [-0.2, 0) is 23.5 Å². The predicted octanol–water partition coefficient (Wildman–Crippen LogP) is 4.78. The first-order valence-corrected chi connectivity index (χ1v) is 11.9. The highest BCUT2D eigenvalue weighted by Gasteiger charge is 2.42. The van der Waals surface area contributed by atoms with E-state index in [-0.39, 0.29) is 11.6 Å². The molecule has 1 spiro atoms. The summed E-state index contributed by atoms with van der Waals surface area (Å²) in [5, 5.41) is 0. The molecule has 174 valence electrons. The lowest BCUT2D eigenvalue weighted by Gasteiger charge is -2.39. The van der Waals surface area contributed by atoms with Crippen molar-refractivity contribution in [1.82, 2.24) is 14.9 Å². The Balaban J connectivity index is 1.15. The van der Waals surface area contributed by atoms with E-state index in [1.807, 2.05) is 24.7 Å². The summed E-state index contributed by atoms with van der Waals surface area (Å²) >= 11 is 0. The molecule has 3 aliphatic rings. The molecule has 2 fully saturated rings. The van der Waals surface area contributed by atoms with Crippen molar-refractivity contribution in [3.05, 3.63) is 94.6 Å². The van der Waals surface area contributed by atoms with E-state index in [4.69, 9.17) is 9.73 Å². The summed E-state index contributed by atoms with van der Waals surface area (Å²) in [5.41, 5.74) is 5.29. The normalized spacial score (nSPS) is 20.0. The average molecular weight is 461 g/mol. The van der Waals surface area contributed by atoms with Crippen LogP contribution >= 0.6 is 0 Å². The second-order valence-corrected chi connectivity index (χ2v) is 9.48. The molecule has 7 heteroatoms. The first-order chi connectivity index (χ1) is 16.6. The van der Waals surface area contributed by atoms with E-state index in [1.54, 1.807) is 6.07 Å². The largest absolute Gasteiger partial charge is 0.365 e. The smallest absolute Gasteiger partial charge is 0.159 e. The summed E-state index contributed by atoms with van der Waals surface area (Å²) in [6, 6.07) is 10.2. The van der Waals surface area contributed by atoms with Gasteiger partial charge >= 0.3 is 0 Å². The van der Waals surface area contributed by atoms with Gasteiger partial charge in [-0.15, -0.1) is 0 Å². The van der Waals surface area contributed by atoms with Crippen molar-refractivity contribution < 1.29 is 13.5 Å². The van der Waals surface area contributed by atoms with Crippen LogP contribution in [-0.4, -0.2) is 39.7 Å². The number of hydrogen-bond donors (Lipinski definition) is 0. The molecule has 0 unspecified atom stereocenters. The minimum absolute atomic E-state index is 0.194. The lowest BCUT2D eigenvalue weighted by atomic mass is 9.84. The third-order valence-electron chi connectivity index (χ3n) is 7.10. The molecule has 1 aliphatic carbocycles. The Morgan fingerprint density at radius 1 is 1.06 bits per heavy atom. The summed E-state index contributed by atoms with van der Waals surface area (Å²) in [5.74, 6) is -1.73. The molecule has 1 saturated heterocycles. The molecule has 4 heterocycles. The minimum atomic E-state index is -0.870. The number of rotatable bonds is 5. The highest BCUT2D eigenvalue weighted by Crippen LogP contribution is 2.43. The Kier molecular flexibility index (Phi) is 5.46. The van der Waals surface area contributed by atoms with Gasteiger partial charge in [0, 0.05) is 49.4 Å². The molecule has 0 atom stereocenters. The number of piperidine rings is 1. The number of nitrogens with zero attached hydrogens (tertiary/aromatic N) is 4. The number of pyridine rings is 2. The summed E-state index contributed by atoms with van der Waals surface area (Å²) in [6.45, 7) is 3.37. The van der Waals surface area contributed by atoms with Crippen LogP contribution in [0.15, 0.2) is 60.0 Å². The molecule has 0 bridgehead atoms. The fourth-order valence-electron chi connectivity index (χ4n) is 4.97. The molecule has 2 aliphatic heterocycles. The molecule has 1 aromatic carbocycles. The predicted molar refractivity (Wildman–Crippen MR) is 124 cm³/mol. The van der Waals surface area contributed by atoms with Gasteiger partial charge in [0.05, 0.1) is 29.7 Å². The van der Waals surface area contributed by atoms with Crippen molar-refractivity contribution >= 4 is 5.71 Å². The maximum Gasteiger partial charge on any atom is 0.159 e. The number of likely N-dealkylation sites (tertiary alicyclic amines) is 1. The Morgan fingerprint density at radius 3 is 2.65 bits per heavy atom. The summed E-state index contributed by atoms with van der Waals surface area (Å²) in [4.78, 5) is 16.1. The van der Waals surface area contributed by atoms with E-state index in [2.05, 4.69) is 27.0 Å². The van der Waals surface area contributed by atoms with Gasteiger partial charge in [-0.25, -0.2) is 8.78 Å². The number of aliphatic imine (C=N–C) groups is 1. The van der Waals surface area contributed by atoms with Gasteiger partial charge in [0.25, 0.3) is 0 Å². The zero-order valence-electron chi connectivity index (χ0n) is 18.9. The summed E-state index contributed by atoms with van der Waals surface area (Å²) in [6.07, 6.45) is 9.61. The van der Waals surface area contributed by atoms with Crippen molar-refractivity contribution in [2.75, 3.05) is 13.1 Å². The van der Waals surface area contributed by atoms with Crippen LogP contribution in [0.4, 0.5) is 8.78 Å². The SMILES string of the molecule is Fc1ccc(/C(=N\C2CC2)c2ccc(CN3CCC4(CC3)OCc3ccncc34)cn2)cc1F. The van der Waals surface area contributed by atoms with Gasteiger partial charge in [-0.2, -0.15) is 0 Å². The number of benzene rings is 1. The van der Waals surface area contributed by atoms with Crippen LogP contribution in [0.25, 0.3) is 0 Å². The molecule has 0 amide bonds. The number of fused-ring (bicyclic) bond motifs is 2. The summed E-state index contributed by atoms with van der Waals surface area (Å²) < 4.78 is 33.5. The molecule has 2 aromatic heterocycles. The Bertz CT molecular complexity index is 1230. The highest BCUT2D eigenvalue weighted by atomic mass is 19.2. The van der Waals surface area contributed by atoms with Gasteiger partial charge < -0.3 is 4.74 Å². The molecule has 3 aromatic rings. The standard InChI is InChI=1S/C27H26F2N4O/c28-23-5-2-19(13-24(23)29)26(32-21-3-4-21)25-6-1-18(14-31-25)16-33-11-8-27(9-12-33)22-15-30-10-7-20(22)17-34-27/h1-2,5-7,10,13-15,21H,3-4,8-9,11-12,16-17H2/b32-26+. The van der Waals surface area contributed by atoms with Crippen LogP contribution in [0.2, 0.25) is 0 Å². The lowest BCUT2D eigenvalue weighted by Crippen LogP contribution is -2.42. The van der Waals surface area contributed by atoms with E-state index < -0.39 is 11.6 Å². The second-order valence-electron chi connectivity index (χ2n) is 9.48. The fraction of sp³-hybridized carbons (Fsp3) is 0.370. The Hall–Kier alpha value is -3.03.